The third-order valence-corrected chi connectivity index (χ3v) is 2.54. The number of rotatable bonds is 4. The molecule has 0 fully saturated rings. The largest absolute Gasteiger partial charge is 0.360 e. The number of hydrogen-bond donors (Lipinski definition) is 2. The first-order valence-corrected chi connectivity index (χ1v) is 5.44. The van der Waals surface area contributed by atoms with E-state index in [2.05, 4.69) is 25.9 Å². The van der Waals surface area contributed by atoms with Crippen molar-refractivity contribution in [1.29, 1.82) is 0 Å². The summed E-state index contributed by atoms with van der Waals surface area (Å²) < 4.78 is 4.82. The molecule has 7 nitrogen and oxygen atoms in total. The molecule has 0 saturated heterocycles. The van der Waals surface area contributed by atoms with E-state index in [1.807, 2.05) is 0 Å². The van der Waals surface area contributed by atoms with Gasteiger partial charge in [-0.05, 0) is 6.92 Å². The van der Waals surface area contributed by atoms with Gasteiger partial charge >= 0.3 is 0 Å². The summed E-state index contributed by atoms with van der Waals surface area (Å²) in [5.41, 5.74) is 0. The Kier molecular flexibility index (Phi) is 3.20. The molecule has 2 rings (SSSR count). The number of amides is 1. The van der Waals surface area contributed by atoms with Gasteiger partial charge in [-0.1, -0.05) is 16.9 Å². The first kappa shape index (κ1) is 10.7. The normalized spacial score (nSPS) is 10.3. The van der Waals surface area contributed by atoms with E-state index in [4.69, 9.17) is 4.52 Å². The lowest BCUT2D eigenvalue weighted by atomic mass is 10.5. The molecule has 0 spiro atoms. The Morgan fingerprint density at radius 1 is 1.69 bits per heavy atom. The van der Waals surface area contributed by atoms with Crippen molar-refractivity contribution in [1.82, 2.24) is 20.6 Å². The van der Waals surface area contributed by atoms with Gasteiger partial charge in [0.05, 0.1) is 11.9 Å². The summed E-state index contributed by atoms with van der Waals surface area (Å²) in [6.45, 7) is 1.76. The second kappa shape index (κ2) is 4.79. The highest BCUT2D eigenvalue weighted by molar-refractivity contribution is 7.99. The van der Waals surface area contributed by atoms with Crippen molar-refractivity contribution in [3.8, 4) is 0 Å². The van der Waals surface area contributed by atoms with Gasteiger partial charge in [0.25, 0.3) is 0 Å². The monoisotopic (exact) mass is 239 g/mol. The molecule has 0 aliphatic rings. The van der Waals surface area contributed by atoms with E-state index in [1.54, 1.807) is 19.2 Å². The molecule has 0 bridgehead atoms. The van der Waals surface area contributed by atoms with E-state index < -0.39 is 0 Å². The van der Waals surface area contributed by atoms with Crippen molar-refractivity contribution >= 4 is 23.5 Å². The molecule has 0 saturated carbocycles. The molecule has 0 radical (unpaired) electrons. The summed E-state index contributed by atoms with van der Waals surface area (Å²) >= 11 is 1.29. The molecule has 84 valence electrons. The number of carbonyl (C=O) groups excluding carboxylic acids is 1. The smallest absolute Gasteiger partial charge is 0.236 e. The Morgan fingerprint density at radius 3 is 3.19 bits per heavy atom. The van der Waals surface area contributed by atoms with Gasteiger partial charge in [-0.3, -0.25) is 4.79 Å². The number of carbonyl (C=O) groups is 1. The molecule has 0 unspecified atom stereocenters. The molecule has 1 amide bonds. The number of thioether (sulfide) groups is 1. The van der Waals surface area contributed by atoms with Gasteiger partial charge < -0.3 is 9.84 Å². The first-order valence-electron chi connectivity index (χ1n) is 4.46. The second-order valence-electron chi connectivity index (χ2n) is 2.97. The number of hydrogen-bond acceptors (Lipinski definition) is 6. The van der Waals surface area contributed by atoms with Gasteiger partial charge in [-0.25, -0.2) is 0 Å². The average Bonchev–Trinajstić information content (AvgIpc) is 2.87. The van der Waals surface area contributed by atoms with Crippen LogP contribution < -0.4 is 5.32 Å². The lowest BCUT2D eigenvalue weighted by Crippen LogP contribution is -2.14. The van der Waals surface area contributed by atoms with E-state index >= 15 is 0 Å². The Balaban J connectivity index is 1.81. The molecule has 2 aromatic rings. The minimum absolute atomic E-state index is 0.165. The minimum atomic E-state index is -0.165. The molecular formula is C8H9N5O2S. The highest BCUT2D eigenvalue weighted by Crippen LogP contribution is 2.13. The Hall–Kier alpha value is -1.83. The van der Waals surface area contributed by atoms with E-state index in [0.29, 0.717) is 16.6 Å². The maximum absolute atomic E-state index is 11.4. The highest BCUT2D eigenvalue weighted by atomic mass is 32.2. The minimum Gasteiger partial charge on any atom is -0.360 e. The molecule has 0 aliphatic heterocycles. The molecule has 0 aromatic carbocycles. The number of aryl methyl sites for hydroxylation is 1. The Labute approximate surface area is 95.0 Å². The zero-order chi connectivity index (χ0) is 11.4. The van der Waals surface area contributed by atoms with E-state index in [-0.39, 0.29) is 11.7 Å². The number of nitrogens with zero attached hydrogens (tertiary/aromatic N) is 3. The summed E-state index contributed by atoms with van der Waals surface area (Å²) in [6, 6.07) is 1.65. The molecule has 2 N–H and O–H groups in total. The number of H-pyrrole nitrogens is 1. The summed E-state index contributed by atoms with van der Waals surface area (Å²) in [6.07, 6.45) is 1.55. The van der Waals surface area contributed by atoms with Gasteiger partial charge in [0.2, 0.25) is 5.91 Å². The van der Waals surface area contributed by atoms with Crippen molar-refractivity contribution in [2.45, 2.75) is 11.9 Å². The SMILES string of the molecule is Cc1cc(NC(=O)CSc2cn[nH]n2)no1. The van der Waals surface area contributed by atoms with Gasteiger partial charge in [-0.2, -0.15) is 10.3 Å². The predicted molar refractivity (Wildman–Crippen MR) is 57.0 cm³/mol. The van der Waals surface area contributed by atoms with E-state index in [0.717, 1.165) is 0 Å². The van der Waals surface area contributed by atoms with Crippen LogP contribution in [0.2, 0.25) is 0 Å². The zero-order valence-corrected chi connectivity index (χ0v) is 9.24. The number of aromatic amines is 1. The van der Waals surface area contributed by atoms with Crippen molar-refractivity contribution in [3.05, 3.63) is 18.0 Å². The topological polar surface area (TPSA) is 96.7 Å². The van der Waals surface area contributed by atoms with Crippen LogP contribution in [0.15, 0.2) is 21.8 Å². The lowest BCUT2D eigenvalue weighted by molar-refractivity contribution is -0.113. The Morgan fingerprint density at radius 2 is 2.56 bits per heavy atom. The number of nitrogens with one attached hydrogen (secondary N) is 2. The van der Waals surface area contributed by atoms with Crippen LogP contribution in [0.4, 0.5) is 5.82 Å². The zero-order valence-electron chi connectivity index (χ0n) is 8.43. The number of anilines is 1. The van der Waals surface area contributed by atoms with Crippen LogP contribution in [0.25, 0.3) is 0 Å². The first-order chi connectivity index (χ1) is 7.74. The summed E-state index contributed by atoms with van der Waals surface area (Å²) in [7, 11) is 0. The van der Waals surface area contributed by atoms with Crippen LogP contribution in [-0.2, 0) is 4.79 Å². The molecule has 8 heteroatoms. The third kappa shape index (κ3) is 2.83. The van der Waals surface area contributed by atoms with E-state index in [1.165, 1.54) is 11.8 Å². The summed E-state index contributed by atoms with van der Waals surface area (Å²) in [4.78, 5) is 11.4. The summed E-state index contributed by atoms with van der Waals surface area (Å²) in [5, 5.41) is 16.8. The Bertz CT molecular complexity index is 466. The third-order valence-electron chi connectivity index (χ3n) is 1.64. The van der Waals surface area contributed by atoms with Crippen molar-refractivity contribution in [2.24, 2.45) is 0 Å². The quantitative estimate of drug-likeness (QED) is 0.767. The average molecular weight is 239 g/mol. The van der Waals surface area contributed by atoms with Crippen LogP contribution >= 0.6 is 11.8 Å². The van der Waals surface area contributed by atoms with Crippen LogP contribution in [0.3, 0.4) is 0 Å². The molecule has 0 aliphatic carbocycles. The van der Waals surface area contributed by atoms with Crippen LogP contribution in [0.1, 0.15) is 5.76 Å². The maximum Gasteiger partial charge on any atom is 0.236 e. The van der Waals surface area contributed by atoms with Crippen molar-refractivity contribution < 1.29 is 9.32 Å². The van der Waals surface area contributed by atoms with Gasteiger partial charge in [0.1, 0.15) is 10.8 Å². The van der Waals surface area contributed by atoms with Crippen LogP contribution in [-0.4, -0.2) is 32.2 Å². The van der Waals surface area contributed by atoms with Gasteiger partial charge in [0.15, 0.2) is 5.82 Å². The second-order valence-corrected chi connectivity index (χ2v) is 3.96. The van der Waals surface area contributed by atoms with Crippen molar-refractivity contribution in [3.63, 3.8) is 0 Å². The molecule has 2 heterocycles. The van der Waals surface area contributed by atoms with Crippen molar-refractivity contribution in [2.75, 3.05) is 11.1 Å². The standard InChI is InChI=1S/C8H9N5O2S/c1-5-2-6(12-15-5)10-7(14)4-16-8-3-9-13-11-8/h2-3H,4H2,1H3,(H,9,11,13)(H,10,12,14). The van der Waals surface area contributed by atoms with Gasteiger partial charge in [-0.15, -0.1) is 5.10 Å². The lowest BCUT2D eigenvalue weighted by Gasteiger charge is -1.98. The number of aromatic nitrogens is 4. The van der Waals surface area contributed by atoms with Gasteiger partial charge in [0, 0.05) is 6.07 Å². The maximum atomic E-state index is 11.4. The van der Waals surface area contributed by atoms with Crippen LogP contribution in [0, 0.1) is 6.92 Å². The predicted octanol–water partition coefficient (Wildman–Crippen LogP) is 0.832. The fourth-order valence-electron chi connectivity index (χ4n) is 1.00. The molecular weight excluding hydrogens is 230 g/mol. The highest BCUT2D eigenvalue weighted by Gasteiger charge is 2.07. The fraction of sp³-hybridized carbons (Fsp3) is 0.250. The van der Waals surface area contributed by atoms with E-state index in [9.17, 15) is 4.79 Å². The molecule has 16 heavy (non-hydrogen) atoms. The molecule has 0 atom stereocenters. The van der Waals surface area contributed by atoms with Crippen LogP contribution in [0.5, 0.6) is 0 Å². The fourth-order valence-corrected chi connectivity index (χ4v) is 1.59. The summed E-state index contributed by atoms with van der Waals surface area (Å²) in [5.74, 6) is 1.15. The molecule has 2 aromatic heterocycles.